The van der Waals surface area contributed by atoms with Crippen LogP contribution in [0.1, 0.15) is 26.2 Å². The third-order valence-corrected chi connectivity index (χ3v) is 3.69. The lowest BCUT2D eigenvalue weighted by atomic mass is 10.0. The van der Waals surface area contributed by atoms with Crippen molar-refractivity contribution in [2.75, 3.05) is 11.4 Å². The summed E-state index contributed by atoms with van der Waals surface area (Å²) in [6, 6.07) is 3.59. The number of carbonyl (C=O) groups is 2. The summed E-state index contributed by atoms with van der Waals surface area (Å²) < 4.78 is 0. The van der Waals surface area contributed by atoms with Gasteiger partial charge in [-0.15, -0.1) is 0 Å². The minimum atomic E-state index is -0.790. The standard InChI is InChI=1S/C14H18N2O3/c1-2-16(12-5-7-15-8-6-12)13(17)10-3-4-11(9-10)14(18)19/h5-8,10-11H,2-4,9H2,1H3,(H,18,19)/t10-,11+/m1/s1. The summed E-state index contributed by atoms with van der Waals surface area (Å²) in [5.74, 6) is -1.31. The van der Waals surface area contributed by atoms with E-state index in [1.165, 1.54) is 0 Å². The molecular weight excluding hydrogens is 244 g/mol. The molecule has 5 nitrogen and oxygen atoms in total. The lowest BCUT2D eigenvalue weighted by Crippen LogP contribution is -2.35. The third kappa shape index (κ3) is 2.92. The molecular formula is C14H18N2O3. The van der Waals surface area contributed by atoms with Crippen molar-refractivity contribution in [1.82, 2.24) is 4.98 Å². The molecule has 2 rings (SSSR count). The Hall–Kier alpha value is -1.91. The summed E-state index contributed by atoms with van der Waals surface area (Å²) in [6.45, 7) is 2.50. The zero-order valence-corrected chi connectivity index (χ0v) is 11.0. The second kappa shape index (κ2) is 5.82. The largest absolute Gasteiger partial charge is 0.481 e. The van der Waals surface area contributed by atoms with E-state index in [1.54, 1.807) is 29.4 Å². The van der Waals surface area contributed by atoms with E-state index in [4.69, 9.17) is 5.11 Å². The van der Waals surface area contributed by atoms with Crippen LogP contribution in [-0.2, 0) is 9.59 Å². The van der Waals surface area contributed by atoms with Gasteiger partial charge in [0.1, 0.15) is 0 Å². The molecule has 5 heteroatoms. The maximum atomic E-state index is 12.5. The van der Waals surface area contributed by atoms with Gasteiger partial charge in [-0.2, -0.15) is 0 Å². The van der Waals surface area contributed by atoms with Gasteiger partial charge in [-0.25, -0.2) is 0 Å². The Morgan fingerprint density at radius 1 is 1.32 bits per heavy atom. The number of carboxylic acid groups (broad SMARTS) is 1. The van der Waals surface area contributed by atoms with E-state index in [2.05, 4.69) is 4.98 Å². The summed E-state index contributed by atoms with van der Waals surface area (Å²) in [5.41, 5.74) is 0.821. The first-order valence-corrected chi connectivity index (χ1v) is 6.57. The first-order valence-electron chi connectivity index (χ1n) is 6.57. The average Bonchev–Trinajstić information content (AvgIpc) is 2.90. The zero-order chi connectivity index (χ0) is 13.8. The Labute approximate surface area is 112 Å². The van der Waals surface area contributed by atoms with Gasteiger partial charge >= 0.3 is 5.97 Å². The molecule has 0 saturated heterocycles. The Balaban J connectivity index is 2.08. The van der Waals surface area contributed by atoms with Crippen molar-refractivity contribution in [3.8, 4) is 0 Å². The van der Waals surface area contributed by atoms with Gasteiger partial charge in [0.05, 0.1) is 5.92 Å². The smallest absolute Gasteiger partial charge is 0.306 e. The highest BCUT2D eigenvalue weighted by molar-refractivity contribution is 5.95. The van der Waals surface area contributed by atoms with Crippen molar-refractivity contribution in [3.05, 3.63) is 24.5 Å². The Kier molecular flexibility index (Phi) is 4.14. The highest BCUT2D eigenvalue weighted by atomic mass is 16.4. The van der Waals surface area contributed by atoms with E-state index in [0.29, 0.717) is 25.8 Å². The summed E-state index contributed by atoms with van der Waals surface area (Å²) >= 11 is 0. The van der Waals surface area contributed by atoms with Gasteiger partial charge < -0.3 is 10.0 Å². The van der Waals surface area contributed by atoms with Crippen LogP contribution in [0, 0.1) is 11.8 Å². The van der Waals surface area contributed by atoms with Crippen LogP contribution in [0.15, 0.2) is 24.5 Å². The van der Waals surface area contributed by atoms with Crippen molar-refractivity contribution in [3.63, 3.8) is 0 Å². The van der Waals surface area contributed by atoms with E-state index in [-0.39, 0.29) is 17.7 Å². The van der Waals surface area contributed by atoms with Crippen molar-refractivity contribution in [2.45, 2.75) is 26.2 Å². The van der Waals surface area contributed by atoms with E-state index in [1.807, 2.05) is 6.92 Å². The van der Waals surface area contributed by atoms with Crippen LogP contribution >= 0.6 is 0 Å². The molecule has 0 radical (unpaired) electrons. The molecule has 1 aliphatic rings. The first-order chi connectivity index (χ1) is 9.13. The van der Waals surface area contributed by atoms with Crippen molar-refractivity contribution in [1.29, 1.82) is 0 Å². The van der Waals surface area contributed by atoms with Crippen LogP contribution in [0.5, 0.6) is 0 Å². The molecule has 0 unspecified atom stereocenters. The summed E-state index contributed by atoms with van der Waals surface area (Å²) in [4.78, 5) is 29.0. The van der Waals surface area contributed by atoms with Crippen LogP contribution < -0.4 is 4.90 Å². The van der Waals surface area contributed by atoms with Gasteiger partial charge in [0.2, 0.25) is 5.91 Å². The molecule has 1 aliphatic carbocycles. The zero-order valence-electron chi connectivity index (χ0n) is 11.0. The lowest BCUT2D eigenvalue weighted by molar-refractivity contribution is -0.141. The number of carboxylic acids is 1. The fourth-order valence-corrected chi connectivity index (χ4v) is 2.64. The summed E-state index contributed by atoms with van der Waals surface area (Å²) in [7, 11) is 0. The van der Waals surface area contributed by atoms with Gasteiger partial charge in [0.25, 0.3) is 0 Å². The first kappa shape index (κ1) is 13.5. The molecule has 1 N–H and O–H groups in total. The van der Waals surface area contributed by atoms with Crippen LogP contribution in [0.4, 0.5) is 5.69 Å². The Morgan fingerprint density at radius 2 is 1.95 bits per heavy atom. The molecule has 1 heterocycles. The number of aliphatic carboxylic acids is 1. The van der Waals surface area contributed by atoms with Crippen LogP contribution in [0.2, 0.25) is 0 Å². The topological polar surface area (TPSA) is 70.5 Å². The molecule has 1 aromatic rings. The Morgan fingerprint density at radius 3 is 2.47 bits per heavy atom. The number of rotatable bonds is 4. The highest BCUT2D eigenvalue weighted by Crippen LogP contribution is 2.33. The van der Waals surface area contributed by atoms with Gasteiger partial charge in [0.15, 0.2) is 0 Å². The fourth-order valence-electron chi connectivity index (χ4n) is 2.64. The number of anilines is 1. The molecule has 1 fully saturated rings. The van der Waals surface area contributed by atoms with Gasteiger partial charge in [-0.3, -0.25) is 14.6 Å². The number of carbonyl (C=O) groups excluding carboxylic acids is 1. The van der Waals surface area contributed by atoms with Gasteiger partial charge in [-0.1, -0.05) is 0 Å². The number of aromatic nitrogens is 1. The minimum absolute atomic E-state index is 0.0254. The van der Waals surface area contributed by atoms with E-state index in [9.17, 15) is 9.59 Å². The van der Waals surface area contributed by atoms with Crippen LogP contribution in [-0.4, -0.2) is 28.5 Å². The summed E-state index contributed by atoms with van der Waals surface area (Å²) in [5, 5.41) is 8.99. The molecule has 1 amide bonds. The highest BCUT2D eigenvalue weighted by Gasteiger charge is 2.35. The molecule has 1 saturated carbocycles. The normalized spacial score (nSPS) is 22.2. The minimum Gasteiger partial charge on any atom is -0.481 e. The maximum absolute atomic E-state index is 12.5. The molecule has 0 aromatic carbocycles. The molecule has 102 valence electrons. The molecule has 0 aliphatic heterocycles. The summed E-state index contributed by atoms with van der Waals surface area (Å²) in [6.07, 6.45) is 5.02. The molecule has 0 bridgehead atoms. The quantitative estimate of drug-likeness (QED) is 0.900. The predicted octanol–water partition coefficient (Wildman–Crippen LogP) is 1.94. The molecule has 1 aromatic heterocycles. The van der Waals surface area contributed by atoms with Gasteiger partial charge in [-0.05, 0) is 38.3 Å². The SMILES string of the molecule is CCN(C(=O)[C@@H]1CC[C@H](C(=O)O)C1)c1ccncc1. The number of hydrogen-bond donors (Lipinski definition) is 1. The van der Waals surface area contributed by atoms with Crippen LogP contribution in [0.3, 0.4) is 0 Å². The van der Waals surface area contributed by atoms with Crippen molar-refractivity contribution in [2.24, 2.45) is 11.8 Å². The van der Waals surface area contributed by atoms with Gasteiger partial charge in [0, 0.05) is 30.5 Å². The van der Waals surface area contributed by atoms with E-state index >= 15 is 0 Å². The maximum Gasteiger partial charge on any atom is 0.306 e. The van der Waals surface area contributed by atoms with Crippen LogP contribution in [0.25, 0.3) is 0 Å². The number of hydrogen-bond acceptors (Lipinski definition) is 3. The predicted molar refractivity (Wildman–Crippen MR) is 70.7 cm³/mol. The molecule has 0 spiro atoms. The fraction of sp³-hybridized carbons (Fsp3) is 0.500. The van der Waals surface area contributed by atoms with Crippen molar-refractivity contribution >= 4 is 17.6 Å². The number of amides is 1. The monoisotopic (exact) mass is 262 g/mol. The third-order valence-electron chi connectivity index (χ3n) is 3.69. The second-order valence-electron chi connectivity index (χ2n) is 4.83. The lowest BCUT2D eigenvalue weighted by Gasteiger charge is -2.24. The van der Waals surface area contributed by atoms with E-state index < -0.39 is 5.97 Å². The Bertz CT molecular complexity index is 461. The molecule has 2 atom stereocenters. The second-order valence-corrected chi connectivity index (χ2v) is 4.83. The number of pyridine rings is 1. The van der Waals surface area contributed by atoms with E-state index in [0.717, 1.165) is 5.69 Å². The average molecular weight is 262 g/mol. The van der Waals surface area contributed by atoms with Crippen molar-refractivity contribution < 1.29 is 14.7 Å². The number of nitrogens with zero attached hydrogens (tertiary/aromatic N) is 2. The molecule has 19 heavy (non-hydrogen) atoms.